The Morgan fingerprint density at radius 2 is 1.81 bits per heavy atom. The van der Waals surface area contributed by atoms with Gasteiger partial charge in [0.15, 0.2) is 0 Å². The molecule has 2 aliphatic carbocycles. The number of nitrogens with two attached hydrogens (primary N) is 1. The number of carboxylic acids is 1. The van der Waals surface area contributed by atoms with Crippen molar-refractivity contribution in [3.8, 4) is 0 Å². The lowest BCUT2D eigenvalue weighted by Crippen LogP contribution is -2.40. The van der Waals surface area contributed by atoms with Crippen LogP contribution in [-0.4, -0.2) is 73.2 Å². The number of nitrogens with one attached hydrogen (secondary N) is 2. The number of aliphatic hydroxyl groups is 1. The zero-order chi connectivity index (χ0) is 27.9. The van der Waals surface area contributed by atoms with Crippen molar-refractivity contribution in [2.45, 2.75) is 59.3 Å². The molecule has 0 radical (unpaired) electrons. The van der Waals surface area contributed by atoms with Crippen molar-refractivity contribution in [1.29, 1.82) is 0 Å². The van der Waals surface area contributed by atoms with Gasteiger partial charge in [-0.2, -0.15) is 0 Å². The van der Waals surface area contributed by atoms with Crippen molar-refractivity contribution in [2.75, 3.05) is 40.3 Å². The summed E-state index contributed by atoms with van der Waals surface area (Å²) in [4.78, 5) is 39.7. The molecular weight excluding hydrogens is 472 g/mol. The Hall–Kier alpha value is -2.13. The molecule has 2 amide bonds. The first-order valence-corrected chi connectivity index (χ1v) is 13.8. The van der Waals surface area contributed by atoms with Gasteiger partial charge in [-0.1, -0.05) is 27.4 Å². The first-order chi connectivity index (χ1) is 17.3. The van der Waals surface area contributed by atoms with Gasteiger partial charge in [0.1, 0.15) is 0 Å². The summed E-state index contributed by atoms with van der Waals surface area (Å²) in [5.41, 5.74) is 6.29. The van der Waals surface area contributed by atoms with Crippen LogP contribution >= 0.6 is 0 Å². The highest BCUT2D eigenvalue weighted by atomic mass is 16.4. The van der Waals surface area contributed by atoms with Gasteiger partial charge in [-0.05, 0) is 82.8 Å². The van der Waals surface area contributed by atoms with Crippen molar-refractivity contribution in [3.63, 3.8) is 0 Å². The maximum absolute atomic E-state index is 13.2. The third-order valence-corrected chi connectivity index (χ3v) is 8.94. The van der Waals surface area contributed by atoms with E-state index in [1.54, 1.807) is 0 Å². The van der Waals surface area contributed by atoms with E-state index in [0.717, 1.165) is 31.6 Å². The number of primary amides is 1. The summed E-state index contributed by atoms with van der Waals surface area (Å²) >= 11 is 0. The molecule has 2 rings (SSSR count). The maximum atomic E-state index is 13.2. The predicted octanol–water partition coefficient (Wildman–Crippen LogP) is 2.06. The molecule has 2 bridgehead atoms. The summed E-state index contributed by atoms with van der Waals surface area (Å²) < 4.78 is 0. The highest BCUT2D eigenvalue weighted by Crippen LogP contribution is 2.57. The first kappa shape index (κ1) is 31.1. The molecule has 2 fully saturated rings. The molecule has 0 aromatic carbocycles. The van der Waals surface area contributed by atoms with Crippen LogP contribution < -0.4 is 16.4 Å². The molecule has 212 valence electrons. The third kappa shape index (κ3) is 8.43. The Balaban J connectivity index is 2.13. The van der Waals surface area contributed by atoms with Crippen LogP contribution in [0.15, 0.2) is 12.3 Å². The molecule has 0 aliphatic heterocycles. The Morgan fingerprint density at radius 1 is 1.14 bits per heavy atom. The van der Waals surface area contributed by atoms with E-state index in [4.69, 9.17) is 5.73 Å². The second-order valence-corrected chi connectivity index (χ2v) is 12.3. The fourth-order valence-corrected chi connectivity index (χ4v) is 6.65. The molecule has 37 heavy (non-hydrogen) atoms. The van der Waals surface area contributed by atoms with Gasteiger partial charge in [0.2, 0.25) is 11.8 Å². The Bertz CT molecular complexity index is 814. The quantitative estimate of drug-likeness (QED) is 0.184. The summed E-state index contributed by atoms with van der Waals surface area (Å²) in [6.07, 6.45) is 3.84. The molecule has 0 aromatic rings. The van der Waals surface area contributed by atoms with E-state index in [-0.39, 0.29) is 36.8 Å². The van der Waals surface area contributed by atoms with Crippen LogP contribution in [0.4, 0.5) is 0 Å². The van der Waals surface area contributed by atoms with Gasteiger partial charge in [-0.25, -0.2) is 0 Å². The van der Waals surface area contributed by atoms with Crippen molar-refractivity contribution < 1.29 is 24.6 Å². The first-order valence-electron chi connectivity index (χ1n) is 13.8. The zero-order valence-electron chi connectivity index (χ0n) is 23.5. The average molecular weight is 523 g/mol. The van der Waals surface area contributed by atoms with Gasteiger partial charge in [0, 0.05) is 36.0 Å². The van der Waals surface area contributed by atoms with Crippen LogP contribution in [0.1, 0.15) is 59.3 Å². The molecular formula is C28H50N4O5. The molecule has 9 nitrogen and oxygen atoms in total. The number of hydrogen-bond acceptors (Lipinski definition) is 6. The van der Waals surface area contributed by atoms with Crippen LogP contribution in [0.25, 0.3) is 0 Å². The van der Waals surface area contributed by atoms with Crippen molar-refractivity contribution in [1.82, 2.24) is 15.5 Å². The van der Waals surface area contributed by atoms with E-state index < -0.39 is 29.1 Å². The molecule has 2 aliphatic rings. The number of amides is 2. The van der Waals surface area contributed by atoms with Crippen molar-refractivity contribution in [3.05, 3.63) is 12.3 Å². The summed E-state index contributed by atoms with van der Waals surface area (Å²) in [6.45, 7) is 12.2. The number of aliphatic carboxylic acids is 1. The Kier molecular flexibility index (Phi) is 11.4. The normalized spacial score (nSPS) is 26.6. The molecule has 2 saturated carbocycles. The highest BCUT2D eigenvalue weighted by molar-refractivity contribution is 5.81. The van der Waals surface area contributed by atoms with E-state index >= 15 is 0 Å². The summed E-state index contributed by atoms with van der Waals surface area (Å²) in [5, 5.41) is 25.1. The minimum absolute atomic E-state index is 0.0589. The fraction of sp³-hybridized carbons (Fsp3) is 0.821. The third-order valence-electron chi connectivity index (χ3n) is 8.94. The zero-order valence-corrected chi connectivity index (χ0v) is 23.5. The van der Waals surface area contributed by atoms with Crippen LogP contribution in [-0.2, 0) is 14.4 Å². The van der Waals surface area contributed by atoms with Crippen LogP contribution in [0.3, 0.4) is 0 Å². The maximum Gasteiger partial charge on any atom is 0.306 e. The largest absolute Gasteiger partial charge is 0.481 e. The average Bonchev–Trinajstić information content (AvgIpc) is 3.38. The van der Waals surface area contributed by atoms with Crippen molar-refractivity contribution >= 4 is 17.8 Å². The lowest BCUT2D eigenvalue weighted by atomic mass is 9.69. The van der Waals surface area contributed by atoms with Gasteiger partial charge in [0.05, 0.1) is 12.5 Å². The van der Waals surface area contributed by atoms with Gasteiger partial charge in [-0.3, -0.25) is 14.4 Å². The second kappa shape index (κ2) is 13.6. The predicted molar refractivity (Wildman–Crippen MR) is 144 cm³/mol. The number of rotatable bonds is 17. The van der Waals surface area contributed by atoms with E-state index in [2.05, 4.69) is 29.0 Å². The second-order valence-electron chi connectivity index (χ2n) is 12.3. The van der Waals surface area contributed by atoms with E-state index in [1.165, 1.54) is 0 Å². The molecule has 9 heteroatoms. The van der Waals surface area contributed by atoms with Crippen LogP contribution in [0.5, 0.6) is 0 Å². The van der Waals surface area contributed by atoms with Crippen LogP contribution in [0, 0.1) is 46.8 Å². The fourth-order valence-electron chi connectivity index (χ4n) is 6.65. The lowest BCUT2D eigenvalue weighted by molar-refractivity contribution is -0.144. The minimum Gasteiger partial charge on any atom is -0.481 e. The molecule has 6 N–H and O–H groups in total. The van der Waals surface area contributed by atoms with E-state index in [9.17, 15) is 24.6 Å². The number of carbonyl (C=O) groups is 3. The Morgan fingerprint density at radius 3 is 2.35 bits per heavy atom. The van der Waals surface area contributed by atoms with Gasteiger partial charge in [0.25, 0.3) is 0 Å². The van der Waals surface area contributed by atoms with Crippen LogP contribution in [0.2, 0.25) is 0 Å². The molecule has 0 heterocycles. The van der Waals surface area contributed by atoms with Gasteiger partial charge in [-0.15, -0.1) is 0 Å². The van der Waals surface area contributed by atoms with E-state index in [1.807, 2.05) is 27.9 Å². The molecule has 0 aromatic heterocycles. The standard InChI is InChI=1S/C28H50N4O5/c1-17-19-13-23(24(14-19)27(36)37)22(17)15-20(25(29)34)12-21(26(35)31-9-11-33)16-28(3,4)18(2)30-8-7-10-32(5)6/h17,19-24,30,33H,2,7-16H2,1,3-6H3,(H2,29,34)(H,31,35)(H,36,37). The topological polar surface area (TPSA) is 145 Å². The minimum atomic E-state index is -0.750. The summed E-state index contributed by atoms with van der Waals surface area (Å²) in [6, 6.07) is 0. The SMILES string of the molecule is C=C(NCCCN(C)C)C(C)(C)CC(CC(CC1C(C)C2CC(C(=O)O)C1C2)C(N)=O)C(=O)NCCO. The number of carboxylic acid groups (broad SMARTS) is 1. The molecule has 0 spiro atoms. The summed E-state index contributed by atoms with van der Waals surface area (Å²) in [7, 11) is 4.06. The number of hydrogen-bond donors (Lipinski definition) is 5. The number of allylic oxidation sites excluding steroid dienone is 1. The highest BCUT2D eigenvalue weighted by Gasteiger charge is 2.53. The smallest absolute Gasteiger partial charge is 0.306 e. The van der Waals surface area contributed by atoms with Gasteiger partial charge < -0.3 is 31.5 Å². The van der Waals surface area contributed by atoms with Crippen molar-refractivity contribution in [2.24, 2.45) is 52.6 Å². The monoisotopic (exact) mass is 522 g/mol. The Labute approximate surface area is 222 Å². The number of aliphatic hydroxyl groups excluding tert-OH is 1. The van der Waals surface area contributed by atoms with Gasteiger partial charge >= 0.3 is 5.97 Å². The van der Waals surface area contributed by atoms with E-state index in [0.29, 0.717) is 37.5 Å². The number of carbonyl (C=O) groups excluding carboxylic acids is 2. The molecule has 0 saturated heterocycles. The lowest BCUT2D eigenvalue weighted by Gasteiger charge is -2.36. The summed E-state index contributed by atoms with van der Waals surface area (Å²) in [5.74, 6) is -1.90. The number of nitrogens with zero attached hydrogens (tertiary/aromatic N) is 1. The molecule has 7 atom stereocenters. The molecule has 7 unspecified atom stereocenters. The number of fused-ring (bicyclic) bond motifs is 2.